The first-order valence-electron chi connectivity index (χ1n) is 15.6. The van der Waals surface area contributed by atoms with Gasteiger partial charge in [-0.25, -0.2) is 13.6 Å². The Kier molecular flexibility index (Phi) is 14.0. The highest BCUT2D eigenvalue weighted by atomic mass is 19.1. The van der Waals surface area contributed by atoms with Crippen molar-refractivity contribution in [2.24, 2.45) is 5.92 Å². The van der Waals surface area contributed by atoms with Gasteiger partial charge in [-0.1, -0.05) is 70.0 Å². The summed E-state index contributed by atoms with van der Waals surface area (Å²) in [6, 6.07) is 10.3. The van der Waals surface area contributed by atoms with Crippen molar-refractivity contribution in [2.45, 2.75) is 96.2 Å². The number of hydrogen-bond acceptors (Lipinski definition) is 5. The molecule has 1 aliphatic rings. The topological polar surface area (TPSA) is 76.0 Å². The number of aliphatic hydroxyl groups excluding tert-OH is 2. The summed E-state index contributed by atoms with van der Waals surface area (Å²) >= 11 is 0. The van der Waals surface area contributed by atoms with E-state index in [0.29, 0.717) is 24.0 Å². The van der Waals surface area contributed by atoms with Crippen LogP contribution in [-0.4, -0.2) is 42.3 Å². The highest BCUT2D eigenvalue weighted by molar-refractivity contribution is 5.86. The molecule has 0 radical (unpaired) electrons. The maximum absolute atomic E-state index is 15.2. The van der Waals surface area contributed by atoms with Crippen LogP contribution in [0.4, 0.5) is 8.78 Å². The zero-order valence-electron chi connectivity index (χ0n) is 25.8. The third kappa shape index (κ3) is 10.7. The Morgan fingerprint density at radius 1 is 1.00 bits per heavy atom. The Morgan fingerprint density at radius 3 is 2.37 bits per heavy atom. The Balaban J connectivity index is 1.60. The largest absolute Gasteiger partial charge is 0.462 e. The summed E-state index contributed by atoms with van der Waals surface area (Å²) < 4.78 is 41.0. The predicted molar refractivity (Wildman–Crippen MR) is 166 cm³/mol. The van der Waals surface area contributed by atoms with Crippen LogP contribution < -0.4 is 0 Å². The summed E-state index contributed by atoms with van der Waals surface area (Å²) in [5.74, 6) is -0.714. The fourth-order valence-corrected chi connectivity index (χ4v) is 5.74. The average Bonchev–Trinajstić information content (AvgIpc) is 3.00. The molecule has 2 N–H and O–H groups in total. The second kappa shape index (κ2) is 17.4. The monoisotopic (exact) mass is 598 g/mol. The van der Waals surface area contributed by atoms with E-state index in [1.807, 2.05) is 12.1 Å². The van der Waals surface area contributed by atoms with Gasteiger partial charge in [0.1, 0.15) is 18.2 Å². The van der Waals surface area contributed by atoms with Crippen molar-refractivity contribution in [1.82, 2.24) is 0 Å². The number of esters is 1. The number of ether oxygens (including phenoxy) is 2. The van der Waals surface area contributed by atoms with Gasteiger partial charge in [0.2, 0.25) is 0 Å². The molecule has 2 aromatic rings. The molecule has 43 heavy (non-hydrogen) atoms. The molecule has 0 saturated heterocycles. The normalized spacial score (nSPS) is 18.2. The molecule has 5 nitrogen and oxygen atoms in total. The molecule has 236 valence electrons. The summed E-state index contributed by atoms with van der Waals surface area (Å²) in [5.41, 5.74) is 2.95. The van der Waals surface area contributed by atoms with Crippen LogP contribution in [0.1, 0.15) is 99.3 Å². The van der Waals surface area contributed by atoms with Gasteiger partial charge in [0.15, 0.2) is 6.29 Å². The van der Waals surface area contributed by atoms with Crippen molar-refractivity contribution >= 4 is 5.97 Å². The maximum Gasteiger partial charge on any atom is 0.333 e. The zero-order valence-corrected chi connectivity index (χ0v) is 25.8. The van der Waals surface area contributed by atoms with E-state index in [0.717, 1.165) is 29.9 Å². The molecule has 1 fully saturated rings. The number of aryl methyl sites for hydroxylation is 2. The molecule has 0 bridgehead atoms. The van der Waals surface area contributed by atoms with E-state index in [9.17, 15) is 9.90 Å². The molecule has 1 saturated carbocycles. The van der Waals surface area contributed by atoms with E-state index in [1.165, 1.54) is 51.5 Å². The van der Waals surface area contributed by atoms with Gasteiger partial charge in [0.05, 0.1) is 13.2 Å². The molecule has 0 heterocycles. The first-order chi connectivity index (χ1) is 20.6. The first kappa shape index (κ1) is 34.6. The fourth-order valence-electron chi connectivity index (χ4n) is 5.74. The number of halogens is 2. The third-order valence-corrected chi connectivity index (χ3v) is 8.57. The highest BCUT2D eigenvalue weighted by Crippen LogP contribution is 2.39. The molecule has 0 aromatic heterocycles. The Labute approximate surface area is 255 Å². The quantitative estimate of drug-likeness (QED) is 0.0642. The molecule has 0 aliphatic heterocycles. The number of carbonyl (C=O) groups excluding carboxylic acids is 1. The van der Waals surface area contributed by atoms with E-state index in [4.69, 9.17) is 14.6 Å². The minimum Gasteiger partial charge on any atom is -0.462 e. The zero-order chi connectivity index (χ0) is 31.4. The van der Waals surface area contributed by atoms with Gasteiger partial charge < -0.3 is 19.7 Å². The average molecular weight is 599 g/mol. The van der Waals surface area contributed by atoms with Gasteiger partial charge in [-0.15, -0.1) is 0 Å². The Bertz CT molecular complexity index is 1220. The van der Waals surface area contributed by atoms with Crippen LogP contribution in [0.3, 0.4) is 0 Å². The fraction of sp³-hybridized carbons (Fsp3) is 0.528. The number of rotatable bonds is 17. The number of hydrogen-bond donors (Lipinski definition) is 2. The molecule has 7 heteroatoms. The van der Waals surface area contributed by atoms with Crippen LogP contribution in [0.25, 0.3) is 0 Å². The summed E-state index contributed by atoms with van der Waals surface area (Å²) in [6.45, 7) is 10.2. The summed E-state index contributed by atoms with van der Waals surface area (Å²) in [6.07, 6.45) is 9.03. The van der Waals surface area contributed by atoms with Gasteiger partial charge in [-0.2, -0.15) is 0 Å². The minimum atomic E-state index is -1.41. The molecule has 2 aromatic carbocycles. The molecule has 0 amide bonds. The number of aliphatic hydroxyl groups is 2. The second-order valence-corrected chi connectivity index (χ2v) is 12.0. The van der Waals surface area contributed by atoms with Gasteiger partial charge in [-0.3, -0.25) is 0 Å². The standard InChI is InChI=1S/C36H48F2O5/c1-5-6-7-8-26-9-13-28(14-10-26)32-18-12-27(19-34(32)38)11-15-29-16-17-30(20-33(29)37)31(22-42-35(40)24(2)3)23-43-36(41)25(4)21-39/h12,16-20,26,28,31,36,39,41H,2,4-11,13-15,21-23H2,1,3H3. The number of carbonyl (C=O) groups is 1. The van der Waals surface area contributed by atoms with Crippen LogP contribution in [-0.2, 0) is 27.1 Å². The first-order valence-corrected chi connectivity index (χ1v) is 15.6. The van der Waals surface area contributed by atoms with Crippen LogP contribution >= 0.6 is 0 Å². The Hall–Kier alpha value is -2.87. The van der Waals surface area contributed by atoms with Crippen molar-refractivity contribution in [3.63, 3.8) is 0 Å². The van der Waals surface area contributed by atoms with Gasteiger partial charge >= 0.3 is 5.97 Å². The molecular weight excluding hydrogens is 550 g/mol. The van der Waals surface area contributed by atoms with Crippen LogP contribution in [0.2, 0.25) is 0 Å². The van der Waals surface area contributed by atoms with Crippen molar-refractivity contribution in [1.29, 1.82) is 0 Å². The second-order valence-electron chi connectivity index (χ2n) is 12.0. The predicted octanol–water partition coefficient (Wildman–Crippen LogP) is 7.69. The number of benzene rings is 2. The van der Waals surface area contributed by atoms with Gasteiger partial charge in [-0.05, 0) is 91.7 Å². The van der Waals surface area contributed by atoms with Crippen molar-refractivity contribution in [2.75, 3.05) is 19.8 Å². The van der Waals surface area contributed by atoms with E-state index >= 15 is 8.78 Å². The molecular formula is C36H48F2O5. The highest BCUT2D eigenvalue weighted by Gasteiger charge is 2.24. The van der Waals surface area contributed by atoms with Crippen LogP contribution in [0.5, 0.6) is 0 Å². The number of unbranched alkanes of at least 4 members (excludes halogenated alkanes) is 2. The lowest BCUT2D eigenvalue weighted by Crippen LogP contribution is -2.23. The van der Waals surface area contributed by atoms with Gasteiger partial charge in [0, 0.05) is 17.1 Å². The van der Waals surface area contributed by atoms with Crippen molar-refractivity contribution < 1.29 is 33.3 Å². The van der Waals surface area contributed by atoms with Gasteiger partial charge in [0.25, 0.3) is 0 Å². The van der Waals surface area contributed by atoms with E-state index in [2.05, 4.69) is 20.1 Å². The van der Waals surface area contributed by atoms with Crippen molar-refractivity contribution in [3.8, 4) is 0 Å². The molecule has 0 spiro atoms. The molecule has 1 aliphatic carbocycles. The van der Waals surface area contributed by atoms with Crippen LogP contribution in [0, 0.1) is 17.6 Å². The molecule has 2 unspecified atom stereocenters. The van der Waals surface area contributed by atoms with E-state index in [-0.39, 0.29) is 36.1 Å². The van der Waals surface area contributed by atoms with Crippen LogP contribution in [0.15, 0.2) is 60.7 Å². The minimum absolute atomic E-state index is 0.0777. The van der Waals surface area contributed by atoms with E-state index in [1.54, 1.807) is 18.2 Å². The van der Waals surface area contributed by atoms with Crippen molar-refractivity contribution in [3.05, 3.63) is 94.6 Å². The molecule has 2 atom stereocenters. The Morgan fingerprint density at radius 2 is 1.74 bits per heavy atom. The molecule has 3 rings (SSSR count). The summed E-state index contributed by atoms with van der Waals surface area (Å²) in [4.78, 5) is 11.9. The smallest absolute Gasteiger partial charge is 0.333 e. The van der Waals surface area contributed by atoms with E-state index < -0.39 is 30.6 Å². The summed E-state index contributed by atoms with van der Waals surface area (Å²) in [7, 11) is 0. The lowest BCUT2D eigenvalue weighted by Gasteiger charge is -2.29. The summed E-state index contributed by atoms with van der Waals surface area (Å²) in [5, 5.41) is 19.2. The lowest BCUT2D eigenvalue weighted by molar-refractivity contribution is -0.140. The maximum atomic E-state index is 15.2. The third-order valence-electron chi connectivity index (χ3n) is 8.57. The SMILES string of the molecule is C=C(C)C(=O)OCC(COC(O)C(=C)CO)c1ccc(CCc2ccc(C3CCC(CCCCC)CC3)c(F)c2)c(F)c1. The lowest BCUT2D eigenvalue weighted by atomic mass is 9.76.